The van der Waals surface area contributed by atoms with E-state index in [1.165, 1.54) is 12.1 Å². The zero-order chi connectivity index (χ0) is 17.4. The highest BCUT2D eigenvalue weighted by Gasteiger charge is 2.14. The maximum atomic E-state index is 13.5. The Hall–Kier alpha value is -2.44. The molecule has 0 fully saturated rings. The van der Waals surface area contributed by atoms with Crippen LogP contribution in [0.3, 0.4) is 0 Å². The van der Waals surface area contributed by atoms with Crippen LogP contribution in [-0.2, 0) is 4.74 Å². The number of para-hydroxylation sites is 1. The van der Waals surface area contributed by atoms with Crippen molar-refractivity contribution >= 4 is 11.7 Å². The molecule has 0 bridgehead atoms. The van der Waals surface area contributed by atoms with E-state index in [0.29, 0.717) is 0 Å². The molecule has 5 nitrogen and oxygen atoms in total. The molecule has 0 aliphatic carbocycles. The number of aliphatic hydroxyl groups excluding tert-OH is 1. The van der Waals surface area contributed by atoms with Gasteiger partial charge < -0.3 is 20.5 Å². The van der Waals surface area contributed by atoms with E-state index in [1.54, 1.807) is 12.1 Å². The number of ether oxygens (including phenoxy) is 1. The van der Waals surface area contributed by atoms with Crippen LogP contribution in [0.1, 0.15) is 17.2 Å². The van der Waals surface area contributed by atoms with Gasteiger partial charge in [-0.2, -0.15) is 0 Å². The highest BCUT2D eigenvalue weighted by atomic mass is 19.1. The summed E-state index contributed by atoms with van der Waals surface area (Å²) in [5.41, 5.74) is 2.11. The number of halogens is 1. The fourth-order valence-corrected chi connectivity index (χ4v) is 2.16. The summed E-state index contributed by atoms with van der Waals surface area (Å²) < 4.78 is 19.1. The number of aryl methyl sites for hydroxylation is 1. The number of hydrogen-bond acceptors (Lipinski definition) is 3. The molecule has 0 unspecified atom stereocenters. The monoisotopic (exact) mass is 332 g/mol. The Morgan fingerprint density at radius 1 is 1.21 bits per heavy atom. The van der Waals surface area contributed by atoms with E-state index in [0.717, 1.165) is 11.1 Å². The second kappa shape index (κ2) is 9.00. The molecule has 2 rings (SSSR count). The number of amides is 2. The molecule has 128 valence electrons. The standard InChI is InChI=1S/C18H21FN2O3/c1-13-6-8-14(9-7-13)17(24-11-10-22)12-20-18(23)21-16-5-3-2-4-15(16)19/h2-9,17,22H,10-12H2,1H3,(H2,20,21,23)/t17-/m1/s1. The molecular weight excluding hydrogens is 311 g/mol. The molecule has 0 heterocycles. The van der Waals surface area contributed by atoms with Gasteiger partial charge in [0.05, 0.1) is 25.0 Å². The minimum atomic E-state index is -0.523. The van der Waals surface area contributed by atoms with Gasteiger partial charge >= 0.3 is 6.03 Å². The molecule has 0 saturated carbocycles. The quantitative estimate of drug-likeness (QED) is 0.730. The van der Waals surface area contributed by atoms with Crippen LogP contribution in [0.25, 0.3) is 0 Å². The Kier molecular flexibility index (Phi) is 6.72. The van der Waals surface area contributed by atoms with Crippen LogP contribution < -0.4 is 10.6 Å². The molecule has 6 heteroatoms. The van der Waals surface area contributed by atoms with Crippen LogP contribution in [-0.4, -0.2) is 30.9 Å². The van der Waals surface area contributed by atoms with Crippen molar-refractivity contribution in [2.24, 2.45) is 0 Å². The first-order valence-electron chi connectivity index (χ1n) is 7.68. The third kappa shape index (κ3) is 5.33. The molecule has 2 amide bonds. The predicted molar refractivity (Wildman–Crippen MR) is 90.4 cm³/mol. The van der Waals surface area contributed by atoms with Crippen molar-refractivity contribution in [3.8, 4) is 0 Å². The number of urea groups is 1. The normalized spacial score (nSPS) is 11.8. The first kappa shape index (κ1) is 17.9. The van der Waals surface area contributed by atoms with Crippen LogP contribution in [0.15, 0.2) is 48.5 Å². The zero-order valence-electron chi connectivity index (χ0n) is 13.5. The minimum absolute atomic E-state index is 0.107. The van der Waals surface area contributed by atoms with Gasteiger partial charge in [0.15, 0.2) is 0 Å². The maximum Gasteiger partial charge on any atom is 0.319 e. The Morgan fingerprint density at radius 2 is 1.92 bits per heavy atom. The number of hydrogen-bond donors (Lipinski definition) is 3. The Bertz CT molecular complexity index is 662. The van der Waals surface area contributed by atoms with Gasteiger partial charge in [-0.1, -0.05) is 42.0 Å². The van der Waals surface area contributed by atoms with E-state index < -0.39 is 18.0 Å². The van der Waals surface area contributed by atoms with Crippen molar-refractivity contribution in [2.75, 3.05) is 25.1 Å². The average Bonchev–Trinajstić information content (AvgIpc) is 2.58. The summed E-state index contributed by atoms with van der Waals surface area (Å²) in [4.78, 5) is 11.9. The van der Waals surface area contributed by atoms with Crippen LogP contribution >= 0.6 is 0 Å². The van der Waals surface area contributed by atoms with Crippen molar-refractivity contribution in [1.82, 2.24) is 5.32 Å². The molecule has 0 aliphatic rings. The van der Waals surface area contributed by atoms with Gasteiger partial charge in [0.1, 0.15) is 5.82 Å². The number of aliphatic hydroxyl groups is 1. The molecule has 1 atom stereocenters. The van der Waals surface area contributed by atoms with Gasteiger partial charge in [0.25, 0.3) is 0 Å². The predicted octanol–water partition coefficient (Wildman–Crippen LogP) is 3.01. The fourth-order valence-electron chi connectivity index (χ4n) is 2.16. The summed E-state index contributed by atoms with van der Waals surface area (Å²) in [5, 5.41) is 14.1. The fraction of sp³-hybridized carbons (Fsp3) is 0.278. The lowest BCUT2D eigenvalue weighted by molar-refractivity contribution is 0.0297. The second-order valence-corrected chi connectivity index (χ2v) is 5.31. The summed E-state index contributed by atoms with van der Waals surface area (Å²) in [6.45, 7) is 2.23. The van der Waals surface area contributed by atoms with Gasteiger partial charge in [-0.15, -0.1) is 0 Å². The number of rotatable bonds is 7. The third-order valence-corrected chi connectivity index (χ3v) is 3.43. The molecule has 3 N–H and O–H groups in total. The molecule has 2 aromatic rings. The summed E-state index contributed by atoms with van der Waals surface area (Å²) >= 11 is 0. The van der Waals surface area contributed by atoms with E-state index >= 15 is 0 Å². The van der Waals surface area contributed by atoms with Crippen molar-refractivity contribution < 1.29 is 19.0 Å². The van der Waals surface area contributed by atoms with Gasteiger partial charge in [0.2, 0.25) is 0 Å². The van der Waals surface area contributed by atoms with Crippen molar-refractivity contribution in [2.45, 2.75) is 13.0 Å². The summed E-state index contributed by atoms with van der Waals surface area (Å²) in [6.07, 6.45) is -0.399. The minimum Gasteiger partial charge on any atom is -0.394 e. The second-order valence-electron chi connectivity index (χ2n) is 5.31. The van der Waals surface area contributed by atoms with Gasteiger partial charge in [-0.3, -0.25) is 0 Å². The van der Waals surface area contributed by atoms with Crippen LogP contribution in [0, 0.1) is 12.7 Å². The first-order valence-corrected chi connectivity index (χ1v) is 7.68. The third-order valence-electron chi connectivity index (χ3n) is 3.43. The maximum absolute atomic E-state index is 13.5. The molecule has 2 aromatic carbocycles. The molecule has 0 radical (unpaired) electrons. The highest BCUT2D eigenvalue weighted by molar-refractivity contribution is 5.89. The zero-order valence-corrected chi connectivity index (χ0v) is 13.5. The van der Waals surface area contributed by atoms with E-state index in [9.17, 15) is 9.18 Å². The average molecular weight is 332 g/mol. The number of carbonyl (C=O) groups excluding carboxylic acids is 1. The van der Waals surface area contributed by atoms with Gasteiger partial charge in [-0.25, -0.2) is 9.18 Å². The number of nitrogens with one attached hydrogen (secondary N) is 2. The lowest BCUT2D eigenvalue weighted by Gasteiger charge is -2.19. The lowest BCUT2D eigenvalue weighted by Crippen LogP contribution is -2.33. The SMILES string of the molecule is Cc1ccc([C@@H](CNC(=O)Nc2ccccc2F)OCCO)cc1. The van der Waals surface area contributed by atoms with Gasteiger partial charge in [0, 0.05) is 6.54 Å². The molecule has 0 aromatic heterocycles. The van der Waals surface area contributed by atoms with Crippen molar-refractivity contribution in [1.29, 1.82) is 0 Å². The van der Waals surface area contributed by atoms with Gasteiger partial charge in [-0.05, 0) is 24.6 Å². The number of carbonyl (C=O) groups is 1. The number of anilines is 1. The first-order chi connectivity index (χ1) is 11.6. The molecule has 24 heavy (non-hydrogen) atoms. The molecular formula is C18H21FN2O3. The van der Waals surface area contributed by atoms with Crippen molar-refractivity contribution in [3.63, 3.8) is 0 Å². The Balaban J connectivity index is 1.95. The summed E-state index contributed by atoms with van der Waals surface area (Å²) in [7, 11) is 0. The van der Waals surface area contributed by atoms with E-state index in [1.807, 2.05) is 31.2 Å². The van der Waals surface area contributed by atoms with E-state index in [-0.39, 0.29) is 25.4 Å². The molecule has 0 saturated heterocycles. The molecule has 0 aliphatic heterocycles. The van der Waals surface area contributed by atoms with Crippen molar-refractivity contribution in [3.05, 3.63) is 65.5 Å². The van der Waals surface area contributed by atoms with E-state index in [2.05, 4.69) is 10.6 Å². The Morgan fingerprint density at radius 3 is 2.58 bits per heavy atom. The Labute approximate surface area is 140 Å². The highest BCUT2D eigenvalue weighted by Crippen LogP contribution is 2.17. The number of benzene rings is 2. The van der Waals surface area contributed by atoms with Crippen LogP contribution in [0.5, 0.6) is 0 Å². The summed E-state index contributed by atoms with van der Waals surface area (Å²) in [5.74, 6) is -0.501. The summed E-state index contributed by atoms with van der Waals surface area (Å²) in [6, 6.07) is 13.1. The topological polar surface area (TPSA) is 70.6 Å². The van der Waals surface area contributed by atoms with Crippen LogP contribution in [0.4, 0.5) is 14.9 Å². The van der Waals surface area contributed by atoms with E-state index in [4.69, 9.17) is 9.84 Å². The lowest BCUT2D eigenvalue weighted by atomic mass is 10.1. The van der Waals surface area contributed by atoms with Crippen LogP contribution in [0.2, 0.25) is 0 Å². The smallest absolute Gasteiger partial charge is 0.319 e. The largest absolute Gasteiger partial charge is 0.394 e. The molecule has 0 spiro atoms.